The second-order valence-corrected chi connectivity index (χ2v) is 8.00. The maximum Gasteiger partial charge on any atom is 0.266 e. The molecule has 2 aromatic rings. The molecule has 0 spiro atoms. The van der Waals surface area contributed by atoms with Crippen LogP contribution in [-0.4, -0.2) is 42.6 Å². The highest BCUT2D eigenvalue weighted by Gasteiger charge is 2.35. The van der Waals surface area contributed by atoms with Gasteiger partial charge >= 0.3 is 0 Å². The average Bonchev–Trinajstić information content (AvgIpc) is 2.65. The number of ether oxygens (including phenoxy) is 1. The van der Waals surface area contributed by atoms with Gasteiger partial charge in [-0.3, -0.25) is 4.79 Å². The van der Waals surface area contributed by atoms with Crippen molar-refractivity contribution in [2.24, 2.45) is 0 Å². The Kier molecular flexibility index (Phi) is 5.66. The molecule has 1 aliphatic heterocycles. The van der Waals surface area contributed by atoms with Crippen molar-refractivity contribution in [2.45, 2.75) is 33.3 Å². The summed E-state index contributed by atoms with van der Waals surface area (Å²) in [4.78, 5) is 17.3. The molecule has 3 rings (SSSR count). The Bertz CT molecular complexity index is 810. The van der Waals surface area contributed by atoms with Crippen LogP contribution in [0.5, 0.6) is 5.75 Å². The summed E-state index contributed by atoms with van der Waals surface area (Å²) in [6, 6.07) is 13.5. The summed E-state index contributed by atoms with van der Waals surface area (Å²) >= 11 is 5.92. The monoisotopic (exact) mass is 386 g/mol. The van der Waals surface area contributed by atoms with E-state index in [0.717, 1.165) is 13.1 Å². The molecule has 2 aromatic carbocycles. The standard InChI is InChI=1S/C22H27ClN2O2/c1-16-6-5-7-20(17(16)2)24-12-14-25(15-13-24)21(26)22(3,4)27-19-10-8-18(23)9-11-19/h5-11H,12-15H2,1-4H3. The molecule has 0 atom stereocenters. The molecule has 1 aliphatic rings. The van der Waals surface area contributed by atoms with E-state index in [-0.39, 0.29) is 5.91 Å². The third-order valence-corrected chi connectivity index (χ3v) is 5.44. The van der Waals surface area contributed by atoms with Crippen molar-refractivity contribution < 1.29 is 9.53 Å². The Morgan fingerprint density at radius 1 is 1.00 bits per heavy atom. The number of benzene rings is 2. The van der Waals surface area contributed by atoms with Gasteiger partial charge in [0.25, 0.3) is 5.91 Å². The van der Waals surface area contributed by atoms with E-state index in [1.54, 1.807) is 24.3 Å². The van der Waals surface area contributed by atoms with Crippen molar-refractivity contribution in [3.8, 4) is 5.75 Å². The van der Waals surface area contributed by atoms with Gasteiger partial charge in [-0.05, 0) is 69.2 Å². The Hall–Kier alpha value is -2.20. The normalized spacial score (nSPS) is 15.0. The summed E-state index contributed by atoms with van der Waals surface area (Å²) in [7, 11) is 0. The van der Waals surface area contributed by atoms with Crippen molar-refractivity contribution in [3.05, 3.63) is 58.6 Å². The molecule has 1 saturated heterocycles. The topological polar surface area (TPSA) is 32.8 Å². The number of carbonyl (C=O) groups is 1. The second-order valence-electron chi connectivity index (χ2n) is 7.56. The molecule has 0 N–H and O–H groups in total. The molecule has 0 aromatic heterocycles. The molecule has 0 bridgehead atoms. The number of piperazine rings is 1. The third-order valence-electron chi connectivity index (χ3n) is 5.19. The fraction of sp³-hybridized carbons (Fsp3) is 0.409. The molecule has 0 aliphatic carbocycles. The number of nitrogens with zero attached hydrogens (tertiary/aromatic N) is 2. The van der Waals surface area contributed by atoms with Gasteiger partial charge in [0.05, 0.1) is 0 Å². The molecule has 1 fully saturated rings. The van der Waals surface area contributed by atoms with E-state index < -0.39 is 5.60 Å². The maximum atomic E-state index is 13.0. The molecule has 0 saturated carbocycles. The van der Waals surface area contributed by atoms with Crippen LogP contribution in [0, 0.1) is 13.8 Å². The van der Waals surface area contributed by atoms with Crippen molar-refractivity contribution >= 4 is 23.2 Å². The molecular weight excluding hydrogens is 360 g/mol. The number of anilines is 1. The van der Waals surface area contributed by atoms with Crippen LogP contribution < -0.4 is 9.64 Å². The van der Waals surface area contributed by atoms with Gasteiger partial charge in [-0.1, -0.05) is 23.7 Å². The average molecular weight is 387 g/mol. The van der Waals surface area contributed by atoms with E-state index in [4.69, 9.17) is 16.3 Å². The zero-order chi connectivity index (χ0) is 19.6. The molecule has 5 heteroatoms. The number of hydrogen-bond donors (Lipinski definition) is 0. The molecular formula is C22H27ClN2O2. The van der Waals surface area contributed by atoms with Crippen LogP contribution >= 0.6 is 11.6 Å². The molecule has 0 radical (unpaired) electrons. The molecule has 1 heterocycles. The molecule has 4 nitrogen and oxygen atoms in total. The first-order chi connectivity index (χ1) is 12.8. The van der Waals surface area contributed by atoms with Gasteiger partial charge in [0.1, 0.15) is 5.75 Å². The van der Waals surface area contributed by atoms with Crippen molar-refractivity contribution in [3.63, 3.8) is 0 Å². The van der Waals surface area contributed by atoms with Gasteiger partial charge in [-0.25, -0.2) is 0 Å². The molecule has 1 amide bonds. The van der Waals surface area contributed by atoms with Crippen molar-refractivity contribution in [1.82, 2.24) is 4.90 Å². The lowest BCUT2D eigenvalue weighted by atomic mass is 10.1. The number of carbonyl (C=O) groups excluding carboxylic acids is 1. The summed E-state index contributed by atoms with van der Waals surface area (Å²) in [5.74, 6) is 0.657. The second kappa shape index (κ2) is 7.81. The zero-order valence-corrected chi connectivity index (χ0v) is 17.2. The SMILES string of the molecule is Cc1cccc(N2CCN(C(=O)C(C)(C)Oc3ccc(Cl)cc3)CC2)c1C. The van der Waals surface area contributed by atoms with Crippen LogP contribution in [0.3, 0.4) is 0 Å². The van der Waals surface area contributed by atoms with E-state index >= 15 is 0 Å². The summed E-state index contributed by atoms with van der Waals surface area (Å²) in [6.07, 6.45) is 0. The van der Waals surface area contributed by atoms with Crippen molar-refractivity contribution in [2.75, 3.05) is 31.1 Å². The summed E-state index contributed by atoms with van der Waals surface area (Å²) in [5.41, 5.74) is 2.95. The van der Waals surface area contributed by atoms with E-state index in [9.17, 15) is 4.79 Å². The minimum Gasteiger partial charge on any atom is -0.478 e. The van der Waals surface area contributed by atoms with Crippen molar-refractivity contribution in [1.29, 1.82) is 0 Å². The highest BCUT2D eigenvalue weighted by Crippen LogP contribution is 2.26. The van der Waals surface area contributed by atoms with Crippen LogP contribution in [-0.2, 0) is 4.79 Å². The number of amides is 1. The van der Waals surface area contributed by atoms with Crippen LogP contribution in [0.2, 0.25) is 5.02 Å². The predicted octanol–water partition coefficient (Wildman–Crippen LogP) is 4.46. The van der Waals surface area contributed by atoms with E-state index in [1.807, 2.05) is 18.7 Å². The third kappa shape index (κ3) is 4.38. The van der Waals surface area contributed by atoms with E-state index in [1.165, 1.54) is 16.8 Å². The maximum absolute atomic E-state index is 13.0. The largest absolute Gasteiger partial charge is 0.478 e. The van der Waals surface area contributed by atoms with Gasteiger partial charge in [0.2, 0.25) is 0 Å². The van der Waals surface area contributed by atoms with Gasteiger partial charge in [0.15, 0.2) is 5.60 Å². The van der Waals surface area contributed by atoms with E-state index in [0.29, 0.717) is 23.9 Å². The van der Waals surface area contributed by atoms with E-state index in [2.05, 4.69) is 36.9 Å². The van der Waals surface area contributed by atoms with Gasteiger partial charge in [-0.15, -0.1) is 0 Å². The molecule has 0 unspecified atom stereocenters. The van der Waals surface area contributed by atoms with Gasteiger partial charge in [-0.2, -0.15) is 0 Å². The Labute approximate surface area is 166 Å². The van der Waals surface area contributed by atoms with Crippen LogP contribution in [0.25, 0.3) is 0 Å². The minimum absolute atomic E-state index is 0.0121. The lowest BCUT2D eigenvalue weighted by molar-refractivity contribution is -0.145. The van der Waals surface area contributed by atoms with Gasteiger partial charge in [0, 0.05) is 36.9 Å². The summed E-state index contributed by atoms with van der Waals surface area (Å²) in [5, 5.41) is 0.647. The Morgan fingerprint density at radius 2 is 1.63 bits per heavy atom. The lowest BCUT2D eigenvalue weighted by Gasteiger charge is -2.40. The van der Waals surface area contributed by atoms with Crippen LogP contribution in [0.4, 0.5) is 5.69 Å². The number of rotatable bonds is 4. The summed E-state index contributed by atoms with van der Waals surface area (Å²) < 4.78 is 5.95. The fourth-order valence-electron chi connectivity index (χ4n) is 3.45. The van der Waals surface area contributed by atoms with Gasteiger partial charge < -0.3 is 14.5 Å². The highest BCUT2D eigenvalue weighted by molar-refractivity contribution is 6.30. The number of aryl methyl sites for hydroxylation is 1. The smallest absolute Gasteiger partial charge is 0.266 e. The number of halogens is 1. The van der Waals surface area contributed by atoms with Crippen LogP contribution in [0.1, 0.15) is 25.0 Å². The first-order valence-electron chi connectivity index (χ1n) is 9.33. The lowest BCUT2D eigenvalue weighted by Crippen LogP contribution is -2.55. The molecule has 144 valence electrons. The molecule has 27 heavy (non-hydrogen) atoms. The highest BCUT2D eigenvalue weighted by atomic mass is 35.5. The first-order valence-corrected chi connectivity index (χ1v) is 9.71. The predicted molar refractivity (Wildman–Crippen MR) is 111 cm³/mol. The minimum atomic E-state index is -0.921. The fourth-order valence-corrected chi connectivity index (χ4v) is 3.58. The Balaban J connectivity index is 1.63. The Morgan fingerprint density at radius 3 is 2.26 bits per heavy atom. The quantitative estimate of drug-likeness (QED) is 0.777. The first kappa shape index (κ1) is 19.6. The number of hydrogen-bond acceptors (Lipinski definition) is 3. The zero-order valence-electron chi connectivity index (χ0n) is 16.5. The van der Waals surface area contributed by atoms with Crippen LogP contribution in [0.15, 0.2) is 42.5 Å². The summed E-state index contributed by atoms with van der Waals surface area (Å²) in [6.45, 7) is 11.0.